The summed E-state index contributed by atoms with van der Waals surface area (Å²) in [5.41, 5.74) is 0. The predicted molar refractivity (Wildman–Crippen MR) is 59.1 cm³/mol. The lowest BCUT2D eigenvalue weighted by Crippen LogP contribution is -2.49. The van der Waals surface area contributed by atoms with Gasteiger partial charge in [0.05, 0.1) is 25.2 Å². The first-order valence-corrected chi connectivity index (χ1v) is 5.98. The SMILES string of the molecule is CC1OCCC1C(=O)NCC1COCCN1. The van der Waals surface area contributed by atoms with Crippen LogP contribution in [0.2, 0.25) is 0 Å². The highest BCUT2D eigenvalue weighted by Gasteiger charge is 2.30. The van der Waals surface area contributed by atoms with Gasteiger partial charge in [0.1, 0.15) is 0 Å². The Hall–Kier alpha value is -0.650. The van der Waals surface area contributed by atoms with Crippen molar-refractivity contribution in [2.24, 2.45) is 5.92 Å². The molecule has 0 radical (unpaired) electrons. The molecule has 2 heterocycles. The predicted octanol–water partition coefficient (Wildman–Crippen LogP) is -0.484. The van der Waals surface area contributed by atoms with Crippen LogP contribution < -0.4 is 10.6 Å². The van der Waals surface area contributed by atoms with Crippen LogP contribution in [0, 0.1) is 5.92 Å². The van der Waals surface area contributed by atoms with Crippen LogP contribution in [0.5, 0.6) is 0 Å². The lowest BCUT2D eigenvalue weighted by Gasteiger charge is -2.24. The number of carbonyl (C=O) groups excluding carboxylic acids is 1. The van der Waals surface area contributed by atoms with Crippen molar-refractivity contribution in [3.8, 4) is 0 Å². The minimum absolute atomic E-state index is 0.0181. The van der Waals surface area contributed by atoms with E-state index in [-0.39, 0.29) is 24.0 Å². The van der Waals surface area contributed by atoms with Crippen LogP contribution in [-0.2, 0) is 14.3 Å². The van der Waals surface area contributed by atoms with Gasteiger partial charge in [0.25, 0.3) is 0 Å². The zero-order valence-electron chi connectivity index (χ0n) is 9.70. The lowest BCUT2D eigenvalue weighted by atomic mass is 10.0. The Kier molecular flexibility index (Phi) is 4.15. The first-order chi connectivity index (χ1) is 7.77. The van der Waals surface area contributed by atoms with Crippen LogP contribution in [0.25, 0.3) is 0 Å². The van der Waals surface area contributed by atoms with Gasteiger partial charge in [-0.25, -0.2) is 0 Å². The Balaban J connectivity index is 1.70. The number of morpholine rings is 1. The van der Waals surface area contributed by atoms with E-state index in [1.54, 1.807) is 0 Å². The van der Waals surface area contributed by atoms with Crippen LogP contribution in [0.3, 0.4) is 0 Å². The topological polar surface area (TPSA) is 59.6 Å². The highest BCUT2D eigenvalue weighted by Crippen LogP contribution is 2.20. The zero-order valence-corrected chi connectivity index (χ0v) is 9.70. The van der Waals surface area contributed by atoms with Crippen LogP contribution >= 0.6 is 0 Å². The number of carbonyl (C=O) groups is 1. The number of rotatable bonds is 3. The summed E-state index contributed by atoms with van der Waals surface area (Å²) in [4.78, 5) is 11.8. The average Bonchev–Trinajstić information content (AvgIpc) is 2.74. The highest BCUT2D eigenvalue weighted by molar-refractivity contribution is 5.79. The summed E-state index contributed by atoms with van der Waals surface area (Å²) in [6.07, 6.45) is 0.886. The Morgan fingerprint density at radius 1 is 1.50 bits per heavy atom. The lowest BCUT2D eigenvalue weighted by molar-refractivity contribution is -0.126. The molecule has 5 heteroatoms. The fourth-order valence-corrected chi connectivity index (χ4v) is 2.18. The smallest absolute Gasteiger partial charge is 0.225 e. The van der Waals surface area contributed by atoms with Gasteiger partial charge in [-0.1, -0.05) is 0 Å². The van der Waals surface area contributed by atoms with Gasteiger partial charge in [-0.15, -0.1) is 0 Å². The molecule has 3 atom stereocenters. The van der Waals surface area contributed by atoms with Crippen molar-refractivity contribution >= 4 is 5.91 Å². The van der Waals surface area contributed by atoms with Gasteiger partial charge in [-0.05, 0) is 13.3 Å². The maximum Gasteiger partial charge on any atom is 0.225 e. The van der Waals surface area contributed by atoms with Crippen LogP contribution in [0.15, 0.2) is 0 Å². The van der Waals surface area contributed by atoms with E-state index >= 15 is 0 Å². The molecule has 2 aliphatic heterocycles. The van der Waals surface area contributed by atoms with Crippen molar-refractivity contribution in [2.75, 3.05) is 32.9 Å². The minimum atomic E-state index is 0.0181. The second-order valence-electron chi connectivity index (χ2n) is 4.44. The quantitative estimate of drug-likeness (QED) is 0.685. The maximum absolute atomic E-state index is 11.8. The number of nitrogens with one attached hydrogen (secondary N) is 2. The van der Waals surface area contributed by atoms with E-state index in [1.807, 2.05) is 6.92 Å². The maximum atomic E-state index is 11.8. The molecule has 92 valence electrons. The van der Waals surface area contributed by atoms with Gasteiger partial charge in [0.15, 0.2) is 0 Å². The van der Waals surface area contributed by atoms with Crippen molar-refractivity contribution in [2.45, 2.75) is 25.5 Å². The molecule has 2 rings (SSSR count). The summed E-state index contributed by atoms with van der Waals surface area (Å²) >= 11 is 0. The molecular weight excluding hydrogens is 208 g/mol. The normalized spacial score (nSPS) is 34.9. The fraction of sp³-hybridized carbons (Fsp3) is 0.909. The number of hydrogen-bond acceptors (Lipinski definition) is 4. The van der Waals surface area contributed by atoms with Gasteiger partial charge in [-0.3, -0.25) is 4.79 Å². The summed E-state index contributed by atoms with van der Waals surface area (Å²) in [5.74, 6) is 0.127. The number of ether oxygens (including phenoxy) is 2. The number of hydrogen-bond donors (Lipinski definition) is 2. The summed E-state index contributed by atoms with van der Waals surface area (Å²) in [5, 5.41) is 6.27. The van der Waals surface area contributed by atoms with Crippen LogP contribution in [-0.4, -0.2) is 51.0 Å². The third-order valence-electron chi connectivity index (χ3n) is 3.23. The Bertz CT molecular complexity index is 241. The van der Waals surface area contributed by atoms with Crippen molar-refractivity contribution < 1.29 is 14.3 Å². The molecule has 0 aromatic carbocycles. The molecule has 0 aromatic rings. The largest absolute Gasteiger partial charge is 0.378 e. The monoisotopic (exact) mass is 228 g/mol. The molecule has 0 aliphatic carbocycles. The van der Waals surface area contributed by atoms with Crippen molar-refractivity contribution in [3.05, 3.63) is 0 Å². The van der Waals surface area contributed by atoms with E-state index in [0.717, 1.165) is 19.6 Å². The molecule has 0 bridgehead atoms. The summed E-state index contributed by atoms with van der Waals surface area (Å²) < 4.78 is 10.7. The van der Waals surface area contributed by atoms with Crippen LogP contribution in [0.4, 0.5) is 0 Å². The van der Waals surface area contributed by atoms with E-state index in [9.17, 15) is 4.79 Å². The third kappa shape index (κ3) is 2.93. The molecule has 5 nitrogen and oxygen atoms in total. The zero-order chi connectivity index (χ0) is 11.4. The molecule has 16 heavy (non-hydrogen) atoms. The average molecular weight is 228 g/mol. The first-order valence-electron chi connectivity index (χ1n) is 5.98. The Labute approximate surface area is 95.9 Å². The third-order valence-corrected chi connectivity index (χ3v) is 3.23. The first kappa shape index (κ1) is 11.8. The van der Waals surface area contributed by atoms with E-state index < -0.39 is 0 Å². The molecule has 2 saturated heterocycles. The van der Waals surface area contributed by atoms with E-state index in [4.69, 9.17) is 9.47 Å². The fourth-order valence-electron chi connectivity index (χ4n) is 2.18. The minimum Gasteiger partial charge on any atom is -0.378 e. The van der Waals surface area contributed by atoms with Gasteiger partial charge in [-0.2, -0.15) is 0 Å². The highest BCUT2D eigenvalue weighted by atomic mass is 16.5. The molecule has 1 amide bonds. The van der Waals surface area contributed by atoms with Gasteiger partial charge in [0.2, 0.25) is 5.91 Å². The molecule has 0 spiro atoms. The summed E-state index contributed by atoms with van der Waals surface area (Å²) in [6, 6.07) is 0.246. The van der Waals surface area contributed by atoms with Crippen molar-refractivity contribution in [1.82, 2.24) is 10.6 Å². The molecule has 2 fully saturated rings. The van der Waals surface area contributed by atoms with Crippen molar-refractivity contribution in [3.63, 3.8) is 0 Å². The summed E-state index contributed by atoms with van der Waals surface area (Å²) in [6.45, 7) is 5.60. The molecule has 2 aliphatic rings. The standard InChI is InChI=1S/C11H20N2O3/c1-8-10(2-4-16-8)11(14)13-6-9-7-15-5-3-12-9/h8-10,12H,2-7H2,1H3,(H,13,14). The van der Waals surface area contributed by atoms with E-state index in [2.05, 4.69) is 10.6 Å². The van der Waals surface area contributed by atoms with Gasteiger partial charge >= 0.3 is 0 Å². The summed E-state index contributed by atoms with van der Waals surface area (Å²) in [7, 11) is 0. The molecule has 0 saturated carbocycles. The van der Waals surface area contributed by atoms with Gasteiger partial charge in [0, 0.05) is 25.7 Å². The van der Waals surface area contributed by atoms with Crippen molar-refractivity contribution in [1.29, 1.82) is 0 Å². The molecular formula is C11H20N2O3. The Morgan fingerprint density at radius 3 is 3.00 bits per heavy atom. The molecule has 2 N–H and O–H groups in total. The van der Waals surface area contributed by atoms with E-state index in [1.165, 1.54) is 0 Å². The molecule has 0 aromatic heterocycles. The van der Waals surface area contributed by atoms with Gasteiger partial charge < -0.3 is 20.1 Å². The second kappa shape index (κ2) is 5.61. The van der Waals surface area contributed by atoms with Crippen LogP contribution in [0.1, 0.15) is 13.3 Å². The number of amides is 1. The van der Waals surface area contributed by atoms with E-state index in [0.29, 0.717) is 19.8 Å². The Morgan fingerprint density at radius 2 is 2.38 bits per heavy atom. The molecule has 3 unspecified atom stereocenters. The second-order valence-corrected chi connectivity index (χ2v) is 4.44.